The van der Waals surface area contributed by atoms with Gasteiger partial charge in [0.05, 0.1) is 10.6 Å². The molecule has 0 fully saturated rings. The van der Waals surface area contributed by atoms with Crippen LogP contribution < -0.4 is 10.2 Å². The summed E-state index contributed by atoms with van der Waals surface area (Å²) in [5, 5.41) is 8.48. The van der Waals surface area contributed by atoms with E-state index in [0.29, 0.717) is 17.8 Å². The van der Waals surface area contributed by atoms with Crippen molar-refractivity contribution in [2.24, 2.45) is 0 Å². The molecule has 0 aliphatic heterocycles. The van der Waals surface area contributed by atoms with E-state index < -0.39 is 17.5 Å². The second kappa shape index (κ2) is 7.55. The Hall–Kier alpha value is -3.26. The minimum absolute atomic E-state index is 0.0330. The number of para-hydroxylation sites is 1. The average molecular weight is 391 g/mol. The lowest BCUT2D eigenvalue weighted by atomic mass is 10.2. The molecular formula is C18H13ClF2N4O2. The van der Waals surface area contributed by atoms with E-state index in [1.165, 1.54) is 11.0 Å². The number of hydrogen-bond donors (Lipinski definition) is 2. The lowest BCUT2D eigenvalue weighted by Crippen LogP contribution is -2.26. The molecule has 0 bridgehead atoms. The van der Waals surface area contributed by atoms with Crippen LogP contribution in [0.1, 0.15) is 20.8 Å². The molecule has 1 heterocycles. The molecule has 0 aliphatic rings. The van der Waals surface area contributed by atoms with Gasteiger partial charge in [-0.05, 0) is 24.3 Å². The zero-order chi connectivity index (χ0) is 19.6. The average Bonchev–Trinajstić information content (AvgIpc) is 3.12. The van der Waals surface area contributed by atoms with Crippen LogP contribution in [0.5, 0.6) is 0 Å². The Labute approximate surface area is 157 Å². The highest BCUT2D eigenvalue weighted by atomic mass is 35.5. The van der Waals surface area contributed by atoms with Crippen molar-refractivity contribution in [3.8, 4) is 0 Å². The van der Waals surface area contributed by atoms with Crippen LogP contribution in [0.4, 0.5) is 20.3 Å². The van der Waals surface area contributed by atoms with Crippen LogP contribution in [-0.4, -0.2) is 29.1 Å². The third-order valence-electron chi connectivity index (χ3n) is 3.75. The van der Waals surface area contributed by atoms with E-state index in [0.717, 1.165) is 0 Å². The van der Waals surface area contributed by atoms with Crippen LogP contribution in [0, 0.1) is 11.6 Å². The zero-order valence-corrected chi connectivity index (χ0v) is 14.7. The van der Waals surface area contributed by atoms with Crippen LogP contribution >= 0.6 is 11.6 Å². The summed E-state index contributed by atoms with van der Waals surface area (Å²) in [7, 11) is 1.60. The van der Waals surface area contributed by atoms with Crippen molar-refractivity contribution in [3.63, 3.8) is 0 Å². The number of carbonyl (C=O) groups is 2. The first kappa shape index (κ1) is 18.5. The van der Waals surface area contributed by atoms with E-state index in [-0.39, 0.29) is 28.0 Å². The second-order valence-electron chi connectivity index (χ2n) is 5.57. The summed E-state index contributed by atoms with van der Waals surface area (Å²) in [6.45, 7) is 0. The largest absolute Gasteiger partial charge is 0.310 e. The van der Waals surface area contributed by atoms with Gasteiger partial charge in [0.1, 0.15) is 5.69 Å². The predicted octanol–water partition coefficient (Wildman–Crippen LogP) is 3.87. The Balaban J connectivity index is 1.75. The first-order chi connectivity index (χ1) is 12.9. The first-order valence-corrected chi connectivity index (χ1v) is 8.09. The Morgan fingerprint density at radius 3 is 2.48 bits per heavy atom. The van der Waals surface area contributed by atoms with E-state index in [1.807, 2.05) is 6.07 Å². The van der Waals surface area contributed by atoms with Gasteiger partial charge in [0.2, 0.25) is 0 Å². The Bertz CT molecular complexity index is 1010. The monoisotopic (exact) mass is 390 g/mol. The van der Waals surface area contributed by atoms with E-state index in [4.69, 9.17) is 11.6 Å². The smallest absolute Gasteiger partial charge is 0.276 e. The van der Waals surface area contributed by atoms with Crippen LogP contribution in [-0.2, 0) is 0 Å². The molecule has 9 heteroatoms. The molecule has 1 aromatic heterocycles. The molecule has 2 amide bonds. The van der Waals surface area contributed by atoms with Crippen LogP contribution in [0.2, 0.25) is 5.02 Å². The minimum atomic E-state index is -1.20. The lowest BCUT2D eigenvalue weighted by molar-refractivity contribution is 0.0986. The van der Waals surface area contributed by atoms with Gasteiger partial charge in [-0.15, -0.1) is 0 Å². The van der Waals surface area contributed by atoms with E-state index in [2.05, 4.69) is 15.5 Å². The summed E-state index contributed by atoms with van der Waals surface area (Å²) < 4.78 is 26.4. The van der Waals surface area contributed by atoms with Gasteiger partial charge >= 0.3 is 0 Å². The van der Waals surface area contributed by atoms with Crippen molar-refractivity contribution in [2.75, 3.05) is 17.3 Å². The number of hydrogen-bond acceptors (Lipinski definition) is 3. The topological polar surface area (TPSA) is 78.1 Å². The maximum Gasteiger partial charge on any atom is 0.276 e. The number of aromatic nitrogens is 2. The number of nitrogens with one attached hydrogen (secondary N) is 2. The summed E-state index contributed by atoms with van der Waals surface area (Å²) >= 11 is 5.77. The van der Waals surface area contributed by atoms with Gasteiger partial charge in [0, 0.05) is 18.8 Å². The van der Waals surface area contributed by atoms with Crippen LogP contribution in [0.25, 0.3) is 0 Å². The summed E-state index contributed by atoms with van der Waals surface area (Å²) in [4.78, 5) is 26.1. The SMILES string of the molecule is CN(C(=O)c1cc(NC(=O)c2cc(F)c(F)cc2Cl)n[nH]1)c1ccccc1. The number of H-pyrrole nitrogens is 1. The van der Waals surface area contributed by atoms with Crippen molar-refractivity contribution in [3.05, 3.63) is 76.4 Å². The van der Waals surface area contributed by atoms with E-state index in [9.17, 15) is 18.4 Å². The highest BCUT2D eigenvalue weighted by molar-refractivity contribution is 6.34. The summed E-state index contributed by atoms with van der Waals surface area (Å²) in [5.74, 6) is -3.49. The van der Waals surface area contributed by atoms with E-state index >= 15 is 0 Å². The van der Waals surface area contributed by atoms with Gasteiger partial charge in [0.25, 0.3) is 11.8 Å². The molecule has 0 unspecified atom stereocenters. The molecule has 3 aromatic rings. The highest BCUT2D eigenvalue weighted by Crippen LogP contribution is 2.21. The van der Waals surface area contributed by atoms with Gasteiger partial charge < -0.3 is 10.2 Å². The lowest BCUT2D eigenvalue weighted by Gasteiger charge is -2.15. The molecule has 0 spiro atoms. The Morgan fingerprint density at radius 1 is 1.11 bits per heavy atom. The number of amides is 2. The number of halogens is 3. The van der Waals surface area contributed by atoms with Crippen molar-refractivity contribution >= 4 is 34.9 Å². The molecule has 2 aromatic carbocycles. The third kappa shape index (κ3) is 3.95. The molecule has 2 N–H and O–H groups in total. The zero-order valence-electron chi connectivity index (χ0n) is 14.0. The van der Waals surface area contributed by atoms with Gasteiger partial charge in [-0.25, -0.2) is 8.78 Å². The molecule has 3 rings (SSSR count). The molecule has 0 aliphatic carbocycles. The molecule has 138 valence electrons. The van der Waals surface area contributed by atoms with Crippen molar-refractivity contribution in [1.82, 2.24) is 10.2 Å². The normalized spacial score (nSPS) is 10.5. The quantitative estimate of drug-likeness (QED) is 0.664. The van der Waals surface area contributed by atoms with Gasteiger partial charge in [-0.3, -0.25) is 14.7 Å². The predicted molar refractivity (Wildman–Crippen MR) is 97.1 cm³/mol. The summed E-state index contributed by atoms with van der Waals surface area (Å²) in [6, 6.07) is 11.7. The second-order valence-corrected chi connectivity index (χ2v) is 5.97. The van der Waals surface area contributed by atoms with E-state index in [1.54, 1.807) is 31.3 Å². The van der Waals surface area contributed by atoms with Gasteiger partial charge in [-0.2, -0.15) is 5.10 Å². The molecule has 0 saturated heterocycles. The number of anilines is 2. The van der Waals surface area contributed by atoms with Crippen molar-refractivity contribution in [2.45, 2.75) is 0 Å². The molecule has 0 saturated carbocycles. The Kier molecular flexibility index (Phi) is 5.18. The van der Waals surface area contributed by atoms with Crippen molar-refractivity contribution in [1.29, 1.82) is 0 Å². The standard InChI is InChI=1S/C18H13ClF2N4O2/c1-25(10-5-3-2-4-6-10)18(27)15-9-16(24-23-15)22-17(26)11-7-13(20)14(21)8-12(11)19/h2-9H,1H3,(H2,22,23,24,26). The van der Waals surface area contributed by atoms with Crippen molar-refractivity contribution < 1.29 is 18.4 Å². The molecule has 27 heavy (non-hydrogen) atoms. The molecule has 0 radical (unpaired) electrons. The fourth-order valence-corrected chi connectivity index (χ4v) is 2.56. The number of aromatic amines is 1. The number of benzene rings is 2. The molecule has 0 atom stereocenters. The van der Waals surface area contributed by atoms with Crippen LogP contribution in [0.3, 0.4) is 0 Å². The number of rotatable bonds is 4. The fraction of sp³-hybridized carbons (Fsp3) is 0.0556. The highest BCUT2D eigenvalue weighted by Gasteiger charge is 2.19. The molecule has 6 nitrogen and oxygen atoms in total. The fourth-order valence-electron chi connectivity index (χ4n) is 2.33. The van der Waals surface area contributed by atoms with Crippen LogP contribution in [0.15, 0.2) is 48.5 Å². The maximum absolute atomic E-state index is 13.3. The summed E-state index contributed by atoms with van der Waals surface area (Å²) in [6.07, 6.45) is 0. The van der Waals surface area contributed by atoms with Gasteiger partial charge in [-0.1, -0.05) is 29.8 Å². The third-order valence-corrected chi connectivity index (χ3v) is 4.07. The number of carbonyl (C=O) groups excluding carboxylic acids is 2. The minimum Gasteiger partial charge on any atom is -0.310 e. The maximum atomic E-state index is 13.3. The van der Waals surface area contributed by atoms with Gasteiger partial charge in [0.15, 0.2) is 17.5 Å². The number of nitrogens with zero attached hydrogens (tertiary/aromatic N) is 2. The first-order valence-electron chi connectivity index (χ1n) is 7.71. The summed E-state index contributed by atoms with van der Waals surface area (Å²) in [5.41, 5.74) is 0.553. The molecular weight excluding hydrogens is 378 g/mol. The Morgan fingerprint density at radius 2 is 1.78 bits per heavy atom.